The number of benzene rings is 3. The molecule has 0 saturated heterocycles. The van der Waals surface area contributed by atoms with Gasteiger partial charge < -0.3 is 20.2 Å². The number of rotatable bonds is 8. The van der Waals surface area contributed by atoms with Crippen molar-refractivity contribution in [1.29, 1.82) is 0 Å². The number of amides is 2. The van der Waals surface area contributed by atoms with Crippen LogP contribution in [0.25, 0.3) is 22.3 Å². The van der Waals surface area contributed by atoms with Crippen LogP contribution in [0.2, 0.25) is 0 Å². The highest BCUT2D eigenvalue weighted by Crippen LogP contribution is 2.44. The lowest BCUT2D eigenvalue weighted by Gasteiger charge is -2.18. The zero-order chi connectivity index (χ0) is 28.7. The summed E-state index contributed by atoms with van der Waals surface area (Å²) in [5.41, 5.74) is 9.63. The fraction of sp³-hybridized carbons (Fsp3) is 0.188. The number of nitrogens with one attached hydrogen (secondary N) is 1. The standard InChI is InChI=1S/C32H27FN4O4/c1-18-14-26(40-2)24(30(39)37-32(10-11-32)31-35-12-3-13-36-31)17-21(18)15-19-4-9-25-23(16-19)27(29(34)38)28(41-25)20-5-7-22(33)8-6-20/h3-9,12-14,16-17H,10-11,15H2,1-2H3,(H2,34,38)(H,37,39). The van der Waals surface area contributed by atoms with Gasteiger partial charge in [0.2, 0.25) is 0 Å². The van der Waals surface area contributed by atoms with Gasteiger partial charge in [0.1, 0.15) is 28.4 Å². The molecule has 3 aromatic carbocycles. The number of aryl methyl sites for hydroxylation is 1. The highest BCUT2D eigenvalue weighted by atomic mass is 19.1. The van der Waals surface area contributed by atoms with Gasteiger partial charge in [-0.2, -0.15) is 0 Å². The van der Waals surface area contributed by atoms with Gasteiger partial charge in [-0.15, -0.1) is 0 Å². The number of halogens is 1. The molecule has 206 valence electrons. The van der Waals surface area contributed by atoms with Crippen LogP contribution < -0.4 is 15.8 Å². The van der Waals surface area contributed by atoms with E-state index < -0.39 is 17.3 Å². The van der Waals surface area contributed by atoms with Gasteiger partial charge in [0.25, 0.3) is 11.8 Å². The average molecular weight is 551 g/mol. The second-order valence-electron chi connectivity index (χ2n) is 10.3. The van der Waals surface area contributed by atoms with Crippen LogP contribution in [0.1, 0.15) is 56.1 Å². The molecular formula is C32H27FN4O4. The quantitative estimate of drug-likeness (QED) is 0.265. The lowest BCUT2D eigenvalue weighted by Crippen LogP contribution is -2.36. The van der Waals surface area contributed by atoms with Crippen molar-refractivity contribution < 1.29 is 23.1 Å². The molecule has 1 fully saturated rings. The molecule has 2 heterocycles. The number of fused-ring (bicyclic) bond motifs is 1. The van der Waals surface area contributed by atoms with Crippen LogP contribution in [0.3, 0.4) is 0 Å². The first-order chi connectivity index (χ1) is 19.8. The second-order valence-corrected chi connectivity index (χ2v) is 10.3. The molecule has 0 bridgehead atoms. The number of methoxy groups -OCH3 is 1. The number of carbonyl (C=O) groups is 2. The number of furan rings is 1. The van der Waals surface area contributed by atoms with Gasteiger partial charge in [-0.05, 0) is 97.5 Å². The van der Waals surface area contributed by atoms with Gasteiger partial charge in [-0.3, -0.25) is 9.59 Å². The van der Waals surface area contributed by atoms with Crippen molar-refractivity contribution in [3.63, 3.8) is 0 Å². The monoisotopic (exact) mass is 550 g/mol. The first kappa shape index (κ1) is 26.2. The number of hydrogen-bond acceptors (Lipinski definition) is 6. The third kappa shape index (κ3) is 4.91. The Kier molecular flexibility index (Phi) is 6.49. The molecule has 1 saturated carbocycles. The van der Waals surface area contributed by atoms with Crippen LogP contribution in [-0.4, -0.2) is 28.9 Å². The maximum Gasteiger partial charge on any atom is 0.255 e. The van der Waals surface area contributed by atoms with Crippen LogP contribution >= 0.6 is 0 Å². The van der Waals surface area contributed by atoms with Crippen LogP contribution in [-0.2, 0) is 12.0 Å². The van der Waals surface area contributed by atoms with Gasteiger partial charge in [0.15, 0.2) is 5.82 Å². The molecule has 9 heteroatoms. The Balaban J connectivity index is 1.33. The van der Waals surface area contributed by atoms with Gasteiger partial charge in [-0.25, -0.2) is 14.4 Å². The van der Waals surface area contributed by atoms with Gasteiger partial charge >= 0.3 is 0 Å². The van der Waals surface area contributed by atoms with Crippen LogP contribution in [0, 0.1) is 12.7 Å². The van der Waals surface area contributed by atoms with E-state index in [0.717, 1.165) is 29.5 Å². The molecular weight excluding hydrogens is 523 g/mol. The third-order valence-electron chi connectivity index (χ3n) is 7.50. The molecule has 1 aliphatic carbocycles. The van der Waals surface area contributed by atoms with E-state index in [1.54, 1.807) is 36.7 Å². The zero-order valence-corrected chi connectivity index (χ0v) is 22.5. The van der Waals surface area contributed by atoms with Crippen LogP contribution in [0.15, 0.2) is 77.5 Å². The number of carbonyl (C=O) groups excluding carboxylic acids is 2. The van der Waals surface area contributed by atoms with E-state index in [9.17, 15) is 14.0 Å². The van der Waals surface area contributed by atoms with E-state index in [2.05, 4.69) is 15.3 Å². The fourth-order valence-electron chi connectivity index (χ4n) is 5.15. The molecule has 0 atom stereocenters. The van der Waals surface area contributed by atoms with E-state index in [1.807, 2.05) is 31.2 Å². The van der Waals surface area contributed by atoms with E-state index in [1.165, 1.54) is 19.2 Å². The minimum absolute atomic E-state index is 0.234. The normalized spacial score (nSPS) is 13.6. The summed E-state index contributed by atoms with van der Waals surface area (Å²) < 4.78 is 25.0. The topological polar surface area (TPSA) is 120 Å². The zero-order valence-electron chi connectivity index (χ0n) is 22.5. The number of aromatic nitrogens is 2. The van der Waals surface area contributed by atoms with E-state index in [-0.39, 0.29) is 11.5 Å². The second kappa shape index (κ2) is 10.2. The molecule has 5 aromatic rings. The largest absolute Gasteiger partial charge is 0.496 e. The molecule has 2 amide bonds. The highest BCUT2D eigenvalue weighted by Gasteiger charge is 2.48. The van der Waals surface area contributed by atoms with E-state index >= 15 is 0 Å². The average Bonchev–Trinajstić information content (AvgIpc) is 3.65. The van der Waals surface area contributed by atoms with Crippen molar-refractivity contribution in [2.75, 3.05) is 7.11 Å². The summed E-state index contributed by atoms with van der Waals surface area (Å²) in [7, 11) is 1.54. The van der Waals surface area contributed by atoms with Crippen molar-refractivity contribution in [1.82, 2.24) is 15.3 Å². The number of primary amides is 1. The molecule has 0 aliphatic heterocycles. The minimum Gasteiger partial charge on any atom is -0.496 e. The van der Waals surface area contributed by atoms with Crippen LogP contribution in [0.5, 0.6) is 5.75 Å². The Morgan fingerprint density at radius 1 is 1.07 bits per heavy atom. The minimum atomic E-state index is -0.642. The van der Waals surface area contributed by atoms with E-state index in [4.69, 9.17) is 14.9 Å². The van der Waals surface area contributed by atoms with Crippen LogP contribution in [0.4, 0.5) is 4.39 Å². The molecule has 8 nitrogen and oxygen atoms in total. The van der Waals surface area contributed by atoms with Gasteiger partial charge in [0, 0.05) is 23.3 Å². The predicted octanol–water partition coefficient (Wildman–Crippen LogP) is 5.45. The summed E-state index contributed by atoms with van der Waals surface area (Å²) in [4.78, 5) is 34.7. The van der Waals surface area contributed by atoms with Gasteiger partial charge in [-0.1, -0.05) is 6.07 Å². The van der Waals surface area contributed by atoms with Crippen molar-refractivity contribution in [2.24, 2.45) is 5.73 Å². The Morgan fingerprint density at radius 2 is 1.80 bits per heavy atom. The van der Waals surface area contributed by atoms with Crippen molar-refractivity contribution >= 4 is 22.8 Å². The van der Waals surface area contributed by atoms with Gasteiger partial charge in [0.05, 0.1) is 18.2 Å². The third-order valence-corrected chi connectivity index (χ3v) is 7.50. The summed E-state index contributed by atoms with van der Waals surface area (Å²) in [6.07, 6.45) is 5.34. The summed E-state index contributed by atoms with van der Waals surface area (Å²) in [5, 5.41) is 3.69. The van der Waals surface area contributed by atoms with Crippen molar-refractivity contribution in [3.8, 4) is 17.1 Å². The molecule has 0 unspecified atom stereocenters. The Bertz CT molecular complexity index is 1790. The Labute approximate surface area is 235 Å². The SMILES string of the molecule is COc1cc(C)c(Cc2ccc3oc(-c4ccc(F)cc4)c(C(N)=O)c3c2)cc1C(=O)NC1(c2ncccn2)CC1. The molecule has 3 N–H and O–H groups in total. The van der Waals surface area contributed by atoms with Crippen molar-refractivity contribution in [3.05, 3.63) is 113 Å². The molecule has 41 heavy (non-hydrogen) atoms. The summed E-state index contributed by atoms with van der Waals surface area (Å²) in [6.45, 7) is 1.96. The smallest absolute Gasteiger partial charge is 0.255 e. The maximum atomic E-state index is 13.5. The number of hydrogen-bond donors (Lipinski definition) is 2. The molecule has 0 spiro atoms. The summed E-state index contributed by atoms with van der Waals surface area (Å²) in [5.74, 6) is 0.0589. The van der Waals surface area contributed by atoms with Crippen molar-refractivity contribution in [2.45, 2.75) is 31.7 Å². The lowest BCUT2D eigenvalue weighted by atomic mass is 9.95. The lowest BCUT2D eigenvalue weighted by molar-refractivity contribution is 0.0924. The predicted molar refractivity (Wildman–Crippen MR) is 151 cm³/mol. The van der Waals surface area contributed by atoms with E-state index in [0.29, 0.717) is 45.9 Å². The Morgan fingerprint density at radius 3 is 2.46 bits per heavy atom. The summed E-state index contributed by atoms with van der Waals surface area (Å²) >= 11 is 0. The molecule has 1 aliphatic rings. The number of nitrogens with two attached hydrogens (primary N) is 1. The Hall–Kier alpha value is -5.05. The first-order valence-corrected chi connectivity index (χ1v) is 13.2. The number of nitrogens with zero attached hydrogens (tertiary/aromatic N) is 2. The number of ether oxygens (including phenoxy) is 1. The maximum absolute atomic E-state index is 13.5. The molecule has 6 rings (SSSR count). The fourth-order valence-corrected chi connectivity index (χ4v) is 5.15. The molecule has 0 radical (unpaired) electrons. The molecule has 2 aromatic heterocycles. The summed E-state index contributed by atoms with van der Waals surface area (Å²) in [6, 6.07) is 16.7. The highest BCUT2D eigenvalue weighted by molar-refractivity contribution is 6.10. The first-order valence-electron chi connectivity index (χ1n) is 13.2.